The van der Waals surface area contributed by atoms with Crippen LogP contribution >= 0.6 is 0 Å². The average molecular weight is 460 g/mol. The van der Waals surface area contributed by atoms with Gasteiger partial charge in [-0.15, -0.1) is 0 Å². The van der Waals surface area contributed by atoms with Crippen molar-refractivity contribution in [1.82, 2.24) is 0 Å². The zero-order valence-corrected chi connectivity index (χ0v) is 16.1. The normalized spacial score (nSPS) is 15.4. The maximum Gasteiger partial charge on any atom is 0.468 e. The van der Waals surface area contributed by atoms with Crippen molar-refractivity contribution in [3.63, 3.8) is 0 Å². The Labute approximate surface area is 161 Å². The van der Waals surface area contributed by atoms with Crippen LogP contribution in [0.15, 0.2) is 12.2 Å². The summed E-state index contributed by atoms with van der Waals surface area (Å²) in [7, 11) is -6.03. The highest BCUT2D eigenvalue weighted by molar-refractivity contribution is 7.86. The smallest absolute Gasteiger partial charge is 0.455 e. The van der Waals surface area contributed by atoms with Crippen LogP contribution in [0.5, 0.6) is 0 Å². The first-order chi connectivity index (χ1) is 12.7. The fourth-order valence-electron chi connectivity index (χ4n) is 1.43. The Kier molecular flexibility index (Phi) is 8.30. The summed E-state index contributed by atoms with van der Waals surface area (Å²) >= 11 is 0. The summed E-state index contributed by atoms with van der Waals surface area (Å²) in [5, 5.41) is -4.95. The minimum atomic E-state index is -6.03. The number of hydrogen-bond donors (Lipinski definition) is 1. The van der Waals surface area contributed by atoms with Crippen molar-refractivity contribution in [3.8, 4) is 0 Å². The lowest BCUT2D eigenvalue weighted by atomic mass is 10.1. The standard InChI is InChI=1S/C14H18F6O8S/c1-8(7-15)9(21)27-13(14(18,19)20,10(22)28-11(2,3)4)26-6-5-12(16,17)29(23,24)25/h1,5-7H2,2-4H3,(H,23,24,25). The van der Waals surface area contributed by atoms with Gasteiger partial charge in [-0.1, -0.05) is 6.58 Å². The lowest BCUT2D eigenvalue weighted by molar-refractivity contribution is -0.358. The van der Waals surface area contributed by atoms with Crippen molar-refractivity contribution in [3.05, 3.63) is 12.2 Å². The number of alkyl halides is 6. The number of hydrogen-bond acceptors (Lipinski definition) is 7. The molecule has 0 fully saturated rings. The Bertz CT molecular complexity index is 740. The van der Waals surface area contributed by atoms with Crippen LogP contribution in [0.2, 0.25) is 0 Å². The first kappa shape index (κ1) is 27.1. The third-order valence-electron chi connectivity index (χ3n) is 2.80. The molecule has 0 aliphatic heterocycles. The number of esters is 2. The van der Waals surface area contributed by atoms with E-state index in [1.165, 1.54) is 0 Å². The predicted octanol–water partition coefficient (Wildman–Crippen LogP) is 2.54. The molecule has 0 aromatic carbocycles. The Morgan fingerprint density at radius 3 is 1.86 bits per heavy atom. The van der Waals surface area contributed by atoms with Gasteiger partial charge in [-0.05, 0) is 20.8 Å². The highest BCUT2D eigenvalue weighted by Crippen LogP contribution is 2.39. The van der Waals surface area contributed by atoms with Gasteiger partial charge in [0.05, 0.1) is 18.6 Å². The summed E-state index contributed by atoms with van der Waals surface area (Å²) in [5.74, 6) is -9.16. The summed E-state index contributed by atoms with van der Waals surface area (Å²) in [4.78, 5) is 23.7. The van der Waals surface area contributed by atoms with E-state index in [0.29, 0.717) is 0 Å². The van der Waals surface area contributed by atoms with Crippen LogP contribution in [0.25, 0.3) is 0 Å². The molecule has 0 spiro atoms. The molecule has 0 aliphatic carbocycles. The van der Waals surface area contributed by atoms with Crippen LogP contribution in [-0.4, -0.2) is 61.0 Å². The van der Waals surface area contributed by atoms with E-state index in [-0.39, 0.29) is 0 Å². The maximum atomic E-state index is 13.6. The molecule has 0 saturated carbocycles. The molecule has 0 aliphatic rings. The third-order valence-corrected chi connectivity index (χ3v) is 3.76. The Balaban J connectivity index is 6.08. The van der Waals surface area contributed by atoms with Crippen molar-refractivity contribution in [2.75, 3.05) is 13.3 Å². The first-order valence-corrected chi connectivity index (χ1v) is 8.90. The van der Waals surface area contributed by atoms with Gasteiger partial charge < -0.3 is 14.2 Å². The molecular weight excluding hydrogens is 442 g/mol. The second-order valence-corrected chi connectivity index (χ2v) is 8.00. The second kappa shape index (κ2) is 8.87. The van der Waals surface area contributed by atoms with E-state index < -0.39 is 70.2 Å². The SMILES string of the molecule is C=C(CF)C(=O)OC(OCCC(F)(F)S(=O)(=O)O)(C(=O)OC(C)(C)C)C(F)(F)F. The largest absolute Gasteiger partial charge is 0.468 e. The maximum absolute atomic E-state index is 13.6. The third kappa shape index (κ3) is 7.15. The molecule has 0 heterocycles. The van der Waals surface area contributed by atoms with Crippen molar-refractivity contribution in [1.29, 1.82) is 0 Å². The molecule has 0 rings (SSSR count). The van der Waals surface area contributed by atoms with Crippen LogP contribution in [-0.2, 0) is 33.9 Å². The monoisotopic (exact) mass is 460 g/mol. The molecule has 0 saturated heterocycles. The second-order valence-electron chi connectivity index (χ2n) is 6.45. The molecule has 1 atom stereocenters. The lowest BCUT2D eigenvalue weighted by Crippen LogP contribution is -2.59. The van der Waals surface area contributed by atoms with E-state index in [0.717, 1.165) is 20.8 Å². The number of carbonyl (C=O) groups is 2. The Morgan fingerprint density at radius 2 is 1.52 bits per heavy atom. The van der Waals surface area contributed by atoms with Crippen LogP contribution in [0.1, 0.15) is 27.2 Å². The zero-order chi connectivity index (χ0) is 23.5. The molecule has 0 aromatic rings. The van der Waals surface area contributed by atoms with E-state index in [2.05, 4.69) is 20.8 Å². The summed E-state index contributed by atoms with van der Waals surface area (Å²) in [6, 6.07) is 0. The summed E-state index contributed by atoms with van der Waals surface area (Å²) in [5.41, 5.74) is -2.78. The number of carbonyl (C=O) groups excluding carboxylic acids is 2. The zero-order valence-electron chi connectivity index (χ0n) is 15.3. The van der Waals surface area contributed by atoms with Gasteiger partial charge in [-0.2, -0.15) is 30.4 Å². The molecule has 0 aromatic heterocycles. The summed E-state index contributed by atoms with van der Waals surface area (Å²) in [6.45, 7) is 2.57. The van der Waals surface area contributed by atoms with Crippen LogP contribution in [0.4, 0.5) is 26.3 Å². The minimum absolute atomic E-state index is 1.11. The van der Waals surface area contributed by atoms with E-state index >= 15 is 0 Å². The van der Waals surface area contributed by atoms with Crippen molar-refractivity contribution in [2.24, 2.45) is 0 Å². The fourth-order valence-corrected chi connectivity index (χ4v) is 1.77. The van der Waals surface area contributed by atoms with Crippen molar-refractivity contribution in [2.45, 2.75) is 50.0 Å². The molecule has 1 N–H and O–H groups in total. The van der Waals surface area contributed by atoms with Gasteiger partial charge in [0.1, 0.15) is 12.3 Å². The summed E-state index contributed by atoms with van der Waals surface area (Å²) < 4.78 is 122. The van der Waals surface area contributed by atoms with Crippen LogP contribution in [0.3, 0.4) is 0 Å². The summed E-state index contributed by atoms with van der Waals surface area (Å²) in [6.07, 6.45) is -8.00. The average Bonchev–Trinajstić information content (AvgIpc) is 2.48. The Hall–Kier alpha value is -1.87. The molecular formula is C14H18F6O8S. The van der Waals surface area contributed by atoms with Gasteiger partial charge in [-0.25, -0.2) is 14.0 Å². The van der Waals surface area contributed by atoms with E-state index in [9.17, 15) is 44.3 Å². The molecule has 29 heavy (non-hydrogen) atoms. The van der Waals surface area contributed by atoms with E-state index in [1.54, 1.807) is 0 Å². The minimum Gasteiger partial charge on any atom is -0.455 e. The van der Waals surface area contributed by atoms with E-state index in [1.807, 2.05) is 0 Å². The van der Waals surface area contributed by atoms with Crippen LogP contribution in [0, 0.1) is 0 Å². The topological polar surface area (TPSA) is 116 Å². The quantitative estimate of drug-likeness (QED) is 0.184. The molecule has 8 nitrogen and oxygen atoms in total. The molecule has 0 bridgehead atoms. The van der Waals surface area contributed by atoms with Gasteiger partial charge in [0.25, 0.3) is 0 Å². The Morgan fingerprint density at radius 1 is 1.03 bits per heavy atom. The van der Waals surface area contributed by atoms with Gasteiger partial charge in [0.15, 0.2) is 0 Å². The molecule has 0 radical (unpaired) electrons. The number of halogens is 6. The molecule has 1 unspecified atom stereocenters. The van der Waals surface area contributed by atoms with Gasteiger partial charge in [-0.3, -0.25) is 4.55 Å². The molecule has 170 valence electrons. The first-order valence-electron chi connectivity index (χ1n) is 7.46. The molecule has 0 amide bonds. The van der Waals surface area contributed by atoms with Crippen molar-refractivity contribution < 1.29 is 63.1 Å². The van der Waals surface area contributed by atoms with Gasteiger partial charge in [0.2, 0.25) is 0 Å². The van der Waals surface area contributed by atoms with Crippen LogP contribution < -0.4 is 0 Å². The highest BCUT2D eigenvalue weighted by atomic mass is 32.2. The van der Waals surface area contributed by atoms with E-state index in [4.69, 9.17) is 4.55 Å². The molecule has 15 heteroatoms. The fraction of sp³-hybridized carbons (Fsp3) is 0.714. The highest BCUT2D eigenvalue weighted by Gasteiger charge is 2.68. The number of rotatable bonds is 9. The van der Waals surface area contributed by atoms with Crippen molar-refractivity contribution >= 4 is 22.1 Å². The predicted molar refractivity (Wildman–Crippen MR) is 82.9 cm³/mol. The van der Waals surface area contributed by atoms with Gasteiger partial charge >= 0.3 is 39.3 Å². The van der Waals surface area contributed by atoms with Gasteiger partial charge in [0, 0.05) is 0 Å². The number of ether oxygens (including phenoxy) is 3. The lowest BCUT2D eigenvalue weighted by Gasteiger charge is -2.34.